The summed E-state index contributed by atoms with van der Waals surface area (Å²) in [6.07, 6.45) is 3.36. The van der Waals surface area contributed by atoms with Crippen LogP contribution in [-0.4, -0.2) is 34.0 Å². The van der Waals surface area contributed by atoms with Crippen LogP contribution >= 0.6 is 0 Å². The average Bonchev–Trinajstić information content (AvgIpc) is 3.36. The maximum atomic E-state index is 14.4. The van der Waals surface area contributed by atoms with Gasteiger partial charge in [-0.1, -0.05) is 6.07 Å². The minimum absolute atomic E-state index is 0.0370. The lowest BCUT2D eigenvalue weighted by Crippen LogP contribution is -2.22. The number of aromatic nitrogens is 3. The van der Waals surface area contributed by atoms with Crippen LogP contribution < -0.4 is 10.2 Å². The number of carbonyl (C=O) groups excluding carboxylic acids is 1. The molecular formula is C19H17F2N5O. The van der Waals surface area contributed by atoms with Crippen LogP contribution in [-0.2, 0) is 0 Å². The number of nitrogens with zero attached hydrogens (tertiary/aromatic N) is 4. The van der Waals surface area contributed by atoms with E-state index in [9.17, 15) is 13.6 Å². The predicted octanol–water partition coefficient (Wildman–Crippen LogP) is 3.40. The minimum atomic E-state index is -0.561. The number of hydrogen-bond donors (Lipinski definition) is 1. The molecule has 2 heterocycles. The molecule has 138 valence electrons. The van der Waals surface area contributed by atoms with Crippen molar-refractivity contribution < 1.29 is 13.6 Å². The van der Waals surface area contributed by atoms with Gasteiger partial charge in [0.05, 0.1) is 17.6 Å². The third kappa shape index (κ3) is 3.51. The van der Waals surface area contributed by atoms with Crippen molar-refractivity contribution in [3.8, 4) is 5.69 Å². The van der Waals surface area contributed by atoms with Crippen LogP contribution in [0, 0.1) is 11.6 Å². The van der Waals surface area contributed by atoms with Gasteiger partial charge in [0.25, 0.3) is 5.91 Å². The maximum absolute atomic E-state index is 14.4. The number of anilines is 2. The van der Waals surface area contributed by atoms with E-state index in [4.69, 9.17) is 0 Å². The van der Waals surface area contributed by atoms with Crippen LogP contribution in [0.4, 0.5) is 20.2 Å². The van der Waals surface area contributed by atoms with E-state index in [1.807, 2.05) is 4.90 Å². The van der Waals surface area contributed by atoms with E-state index in [2.05, 4.69) is 15.5 Å². The van der Waals surface area contributed by atoms with Crippen molar-refractivity contribution in [1.82, 2.24) is 15.0 Å². The van der Waals surface area contributed by atoms with Crippen LogP contribution in [0.15, 0.2) is 48.7 Å². The number of para-hydroxylation sites is 1. The average molecular weight is 369 g/mol. The van der Waals surface area contributed by atoms with Crippen molar-refractivity contribution >= 4 is 17.3 Å². The summed E-state index contributed by atoms with van der Waals surface area (Å²) in [6, 6.07) is 10.3. The molecule has 1 saturated heterocycles. The molecule has 2 aromatic carbocycles. The smallest absolute Gasteiger partial charge is 0.277 e. The van der Waals surface area contributed by atoms with Crippen molar-refractivity contribution in [2.24, 2.45) is 0 Å². The van der Waals surface area contributed by atoms with E-state index in [1.165, 1.54) is 41.3 Å². The second-order valence-corrected chi connectivity index (χ2v) is 6.28. The third-order valence-corrected chi connectivity index (χ3v) is 4.46. The van der Waals surface area contributed by atoms with Crippen molar-refractivity contribution in [2.75, 3.05) is 23.3 Å². The molecule has 1 N–H and O–H groups in total. The fourth-order valence-corrected chi connectivity index (χ4v) is 3.10. The highest BCUT2D eigenvalue weighted by Crippen LogP contribution is 2.31. The van der Waals surface area contributed by atoms with E-state index < -0.39 is 11.7 Å². The number of hydrogen-bond acceptors (Lipinski definition) is 4. The standard InChI is InChI=1S/C19H17F2N5O/c20-13-6-8-14(9-7-13)26-22-12-16(24-26)19(27)23-18-15(21)4-3-5-17(18)25-10-1-2-11-25/h3-9,12H,1-2,10-11H2,(H,23,27). The fourth-order valence-electron chi connectivity index (χ4n) is 3.10. The second kappa shape index (κ2) is 7.14. The summed E-state index contributed by atoms with van der Waals surface area (Å²) in [7, 11) is 0. The first-order chi connectivity index (χ1) is 13.1. The molecule has 0 atom stereocenters. The summed E-state index contributed by atoms with van der Waals surface area (Å²) >= 11 is 0. The Balaban J connectivity index is 1.57. The monoisotopic (exact) mass is 369 g/mol. The lowest BCUT2D eigenvalue weighted by molar-refractivity contribution is 0.102. The zero-order chi connectivity index (χ0) is 18.8. The van der Waals surface area contributed by atoms with Crippen LogP contribution in [0.3, 0.4) is 0 Å². The van der Waals surface area contributed by atoms with Gasteiger partial charge in [0.15, 0.2) is 5.69 Å². The first kappa shape index (κ1) is 17.1. The molecule has 0 radical (unpaired) electrons. The van der Waals surface area contributed by atoms with Crippen molar-refractivity contribution in [1.29, 1.82) is 0 Å². The molecule has 1 fully saturated rings. The normalized spacial score (nSPS) is 13.8. The van der Waals surface area contributed by atoms with Crippen molar-refractivity contribution in [2.45, 2.75) is 12.8 Å². The van der Waals surface area contributed by atoms with Crippen LogP contribution in [0.25, 0.3) is 5.69 Å². The Bertz CT molecular complexity index is 964. The molecule has 1 amide bonds. The Kier molecular flexibility index (Phi) is 4.53. The Labute approximate surface area is 154 Å². The van der Waals surface area contributed by atoms with Gasteiger partial charge in [0.2, 0.25) is 0 Å². The minimum Gasteiger partial charge on any atom is -0.370 e. The second-order valence-electron chi connectivity index (χ2n) is 6.28. The SMILES string of the molecule is O=C(Nc1c(F)cccc1N1CCCC1)c1cnn(-c2ccc(F)cc2)n1. The highest BCUT2D eigenvalue weighted by molar-refractivity contribution is 6.04. The molecule has 27 heavy (non-hydrogen) atoms. The highest BCUT2D eigenvalue weighted by atomic mass is 19.1. The lowest BCUT2D eigenvalue weighted by atomic mass is 10.2. The van der Waals surface area contributed by atoms with Gasteiger partial charge < -0.3 is 10.2 Å². The molecule has 1 aromatic heterocycles. The van der Waals surface area contributed by atoms with Gasteiger partial charge in [0, 0.05) is 13.1 Å². The van der Waals surface area contributed by atoms with Gasteiger partial charge in [-0.15, -0.1) is 5.10 Å². The largest absolute Gasteiger partial charge is 0.370 e. The maximum Gasteiger partial charge on any atom is 0.277 e. The van der Waals surface area contributed by atoms with Gasteiger partial charge >= 0.3 is 0 Å². The summed E-state index contributed by atoms with van der Waals surface area (Å²) in [6.45, 7) is 1.65. The molecule has 0 bridgehead atoms. The van der Waals surface area contributed by atoms with Crippen LogP contribution in [0.5, 0.6) is 0 Å². The number of amides is 1. The molecule has 6 nitrogen and oxygen atoms in total. The zero-order valence-corrected chi connectivity index (χ0v) is 14.4. The number of carbonyl (C=O) groups is 1. The molecule has 1 aliphatic rings. The summed E-state index contributed by atoms with van der Waals surface area (Å²) in [5.41, 5.74) is 1.35. The Hall–Kier alpha value is -3.29. The molecule has 0 spiro atoms. The molecule has 0 saturated carbocycles. The van der Waals surface area contributed by atoms with Crippen LogP contribution in [0.2, 0.25) is 0 Å². The summed E-state index contributed by atoms with van der Waals surface area (Å²) in [4.78, 5) is 15.8. The van der Waals surface area contributed by atoms with Gasteiger partial charge in [-0.2, -0.15) is 9.90 Å². The molecule has 4 rings (SSSR count). The van der Waals surface area contributed by atoms with Crippen molar-refractivity contribution in [3.63, 3.8) is 0 Å². The first-order valence-corrected chi connectivity index (χ1v) is 8.65. The first-order valence-electron chi connectivity index (χ1n) is 8.65. The predicted molar refractivity (Wildman–Crippen MR) is 97.1 cm³/mol. The number of benzene rings is 2. The number of nitrogens with one attached hydrogen (secondary N) is 1. The Morgan fingerprint density at radius 2 is 1.78 bits per heavy atom. The number of halogens is 2. The van der Waals surface area contributed by atoms with Crippen molar-refractivity contribution in [3.05, 3.63) is 66.0 Å². The van der Waals surface area contributed by atoms with Crippen LogP contribution in [0.1, 0.15) is 23.3 Å². The molecule has 0 unspecified atom stereocenters. The highest BCUT2D eigenvalue weighted by Gasteiger charge is 2.21. The summed E-state index contributed by atoms with van der Waals surface area (Å²) in [5, 5.41) is 10.7. The van der Waals surface area contributed by atoms with Gasteiger partial charge in [-0.25, -0.2) is 8.78 Å². The molecule has 8 heteroatoms. The summed E-state index contributed by atoms with van der Waals surface area (Å²) in [5.74, 6) is -1.44. The Morgan fingerprint density at radius 3 is 2.52 bits per heavy atom. The number of rotatable bonds is 4. The van der Waals surface area contributed by atoms with E-state index in [0.29, 0.717) is 11.4 Å². The van der Waals surface area contributed by atoms with E-state index in [1.54, 1.807) is 12.1 Å². The molecular weight excluding hydrogens is 352 g/mol. The fraction of sp³-hybridized carbons (Fsp3) is 0.211. The van der Waals surface area contributed by atoms with Gasteiger partial charge in [0.1, 0.15) is 17.3 Å². The van der Waals surface area contributed by atoms with E-state index in [-0.39, 0.29) is 17.2 Å². The van der Waals surface area contributed by atoms with Gasteiger partial charge in [-0.05, 0) is 49.2 Å². The Morgan fingerprint density at radius 1 is 1.04 bits per heavy atom. The third-order valence-electron chi connectivity index (χ3n) is 4.46. The van der Waals surface area contributed by atoms with E-state index >= 15 is 0 Å². The van der Waals surface area contributed by atoms with E-state index in [0.717, 1.165) is 25.9 Å². The summed E-state index contributed by atoms with van der Waals surface area (Å²) < 4.78 is 27.4. The lowest BCUT2D eigenvalue weighted by Gasteiger charge is -2.21. The molecule has 0 aliphatic carbocycles. The molecule has 1 aliphatic heterocycles. The topological polar surface area (TPSA) is 63.1 Å². The van der Waals surface area contributed by atoms with Gasteiger partial charge in [-0.3, -0.25) is 4.79 Å². The quantitative estimate of drug-likeness (QED) is 0.766. The zero-order valence-electron chi connectivity index (χ0n) is 14.4. The molecule has 3 aromatic rings.